The molecule has 0 aliphatic carbocycles. The number of alkyl halides is 1. The SMILES string of the molecule is ClCc1nnc(Cc2cccc(Br)c2)n1-c1ccccc1. The van der Waals surface area contributed by atoms with Crippen LogP contribution in [0.5, 0.6) is 0 Å². The summed E-state index contributed by atoms with van der Waals surface area (Å²) in [5.41, 5.74) is 2.21. The molecular weight excluding hydrogens is 350 g/mol. The van der Waals surface area contributed by atoms with E-state index >= 15 is 0 Å². The number of hydrogen-bond acceptors (Lipinski definition) is 2. The first-order valence-corrected chi connectivity index (χ1v) is 7.89. The van der Waals surface area contributed by atoms with Crippen molar-refractivity contribution in [1.82, 2.24) is 14.8 Å². The molecule has 0 fully saturated rings. The fraction of sp³-hybridized carbons (Fsp3) is 0.125. The minimum atomic E-state index is 0.334. The van der Waals surface area contributed by atoms with Crippen LogP contribution in [0, 0.1) is 0 Å². The Balaban J connectivity index is 2.02. The quantitative estimate of drug-likeness (QED) is 0.646. The molecule has 0 N–H and O–H groups in total. The van der Waals surface area contributed by atoms with Gasteiger partial charge in [0.2, 0.25) is 0 Å². The van der Waals surface area contributed by atoms with Crippen LogP contribution in [0.2, 0.25) is 0 Å². The Bertz CT molecular complexity index is 740. The van der Waals surface area contributed by atoms with Crippen molar-refractivity contribution >= 4 is 27.5 Å². The van der Waals surface area contributed by atoms with Gasteiger partial charge in [0.25, 0.3) is 0 Å². The Labute approximate surface area is 136 Å². The lowest BCUT2D eigenvalue weighted by molar-refractivity contribution is 0.885. The zero-order valence-corrected chi connectivity index (χ0v) is 13.5. The van der Waals surface area contributed by atoms with Gasteiger partial charge in [-0.15, -0.1) is 21.8 Å². The Morgan fingerprint density at radius 3 is 2.43 bits per heavy atom. The van der Waals surface area contributed by atoms with Crippen molar-refractivity contribution in [2.75, 3.05) is 0 Å². The standard InChI is InChI=1S/C16H13BrClN3/c17-13-6-4-5-12(9-13)10-15-19-20-16(11-18)21(15)14-7-2-1-3-8-14/h1-9H,10-11H2. The predicted molar refractivity (Wildman–Crippen MR) is 87.9 cm³/mol. The fourth-order valence-electron chi connectivity index (χ4n) is 2.26. The van der Waals surface area contributed by atoms with E-state index in [2.05, 4.69) is 38.3 Å². The summed E-state index contributed by atoms with van der Waals surface area (Å²) in [6.45, 7) is 0. The Kier molecular flexibility index (Phi) is 4.36. The maximum Gasteiger partial charge on any atom is 0.152 e. The van der Waals surface area contributed by atoms with Crippen molar-refractivity contribution in [1.29, 1.82) is 0 Å². The average Bonchev–Trinajstić information content (AvgIpc) is 2.91. The zero-order valence-electron chi connectivity index (χ0n) is 11.2. The molecule has 0 atom stereocenters. The molecule has 3 rings (SSSR count). The molecule has 106 valence electrons. The molecule has 0 amide bonds. The van der Waals surface area contributed by atoms with E-state index in [0.29, 0.717) is 12.3 Å². The minimum Gasteiger partial charge on any atom is -0.282 e. The van der Waals surface area contributed by atoms with Crippen LogP contribution in [0.15, 0.2) is 59.1 Å². The maximum atomic E-state index is 5.99. The van der Waals surface area contributed by atoms with Gasteiger partial charge in [0.15, 0.2) is 5.82 Å². The van der Waals surface area contributed by atoms with Crippen LogP contribution in [0.3, 0.4) is 0 Å². The molecule has 0 spiro atoms. The van der Waals surface area contributed by atoms with E-state index < -0.39 is 0 Å². The second-order valence-electron chi connectivity index (χ2n) is 4.64. The molecule has 0 aliphatic rings. The van der Waals surface area contributed by atoms with Crippen LogP contribution in [-0.4, -0.2) is 14.8 Å². The average molecular weight is 363 g/mol. The number of nitrogens with zero attached hydrogens (tertiary/aromatic N) is 3. The molecule has 5 heteroatoms. The van der Waals surface area contributed by atoms with Crippen LogP contribution in [0.4, 0.5) is 0 Å². The van der Waals surface area contributed by atoms with E-state index in [-0.39, 0.29) is 0 Å². The molecule has 21 heavy (non-hydrogen) atoms. The Morgan fingerprint density at radius 2 is 1.71 bits per heavy atom. The third kappa shape index (κ3) is 3.17. The molecule has 0 aliphatic heterocycles. The molecule has 0 radical (unpaired) electrons. The lowest BCUT2D eigenvalue weighted by atomic mass is 10.1. The first kappa shape index (κ1) is 14.3. The van der Waals surface area contributed by atoms with Gasteiger partial charge in [-0.1, -0.05) is 46.3 Å². The number of halogens is 2. The maximum absolute atomic E-state index is 5.99. The molecule has 0 unspecified atom stereocenters. The monoisotopic (exact) mass is 361 g/mol. The van der Waals surface area contributed by atoms with E-state index in [4.69, 9.17) is 11.6 Å². The third-order valence-electron chi connectivity index (χ3n) is 3.18. The van der Waals surface area contributed by atoms with Gasteiger partial charge in [-0.05, 0) is 29.8 Å². The number of rotatable bonds is 4. The van der Waals surface area contributed by atoms with Gasteiger partial charge in [-0.3, -0.25) is 4.57 Å². The smallest absolute Gasteiger partial charge is 0.152 e. The number of aromatic nitrogens is 3. The summed E-state index contributed by atoms with van der Waals surface area (Å²) in [6, 6.07) is 18.2. The van der Waals surface area contributed by atoms with Gasteiger partial charge in [0.1, 0.15) is 5.82 Å². The largest absolute Gasteiger partial charge is 0.282 e. The highest BCUT2D eigenvalue weighted by Gasteiger charge is 2.13. The molecule has 0 saturated heterocycles. The number of para-hydroxylation sites is 1. The van der Waals surface area contributed by atoms with Crippen molar-refractivity contribution in [3.8, 4) is 5.69 Å². The predicted octanol–water partition coefficient (Wildman–Crippen LogP) is 4.36. The Hall–Kier alpha value is -1.65. The molecule has 0 bridgehead atoms. The summed E-state index contributed by atoms with van der Waals surface area (Å²) < 4.78 is 3.08. The molecule has 3 nitrogen and oxygen atoms in total. The van der Waals surface area contributed by atoms with Crippen molar-refractivity contribution < 1.29 is 0 Å². The minimum absolute atomic E-state index is 0.334. The third-order valence-corrected chi connectivity index (χ3v) is 3.91. The van der Waals surface area contributed by atoms with E-state index in [9.17, 15) is 0 Å². The first-order valence-electron chi connectivity index (χ1n) is 6.57. The topological polar surface area (TPSA) is 30.7 Å². The van der Waals surface area contributed by atoms with E-state index in [1.807, 2.05) is 47.0 Å². The van der Waals surface area contributed by atoms with Gasteiger partial charge in [0, 0.05) is 16.6 Å². The molecule has 0 saturated carbocycles. The van der Waals surface area contributed by atoms with Crippen LogP contribution < -0.4 is 0 Å². The summed E-state index contributed by atoms with van der Waals surface area (Å²) in [6.07, 6.45) is 0.707. The van der Waals surface area contributed by atoms with Crippen LogP contribution in [0.1, 0.15) is 17.2 Å². The second kappa shape index (κ2) is 6.41. The highest BCUT2D eigenvalue weighted by atomic mass is 79.9. The normalized spacial score (nSPS) is 10.8. The Morgan fingerprint density at radius 1 is 0.952 bits per heavy atom. The van der Waals surface area contributed by atoms with Crippen LogP contribution in [-0.2, 0) is 12.3 Å². The number of benzene rings is 2. The van der Waals surface area contributed by atoms with Crippen molar-refractivity contribution in [2.45, 2.75) is 12.3 Å². The van der Waals surface area contributed by atoms with E-state index in [0.717, 1.165) is 21.8 Å². The van der Waals surface area contributed by atoms with Gasteiger partial charge in [0.05, 0.1) is 5.88 Å². The van der Waals surface area contributed by atoms with Gasteiger partial charge < -0.3 is 0 Å². The second-order valence-corrected chi connectivity index (χ2v) is 5.83. The van der Waals surface area contributed by atoms with Crippen LogP contribution >= 0.6 is 27.5 Å². The highest BCUT2D eigenvalue weighted by Crippen LogP contribution is 2.19. The van der Waals surface area contributed by atoms with Crippen molar-refractivity contribution in [2.24, 2.45) is 0 Å². The summed E-state index contributed by atoms with van der Waals surface area (Å²) in [5, 5.41) is 8.50. The lowest BCUT2D eigenvalue weighted by Crippen LogP contribution is -2.05. The first-order chi connectivity index (χ1) is 10.3. The molecule has 3 aromatic rings. The summed E-state index contributed by atoms with van der Waals surface area (Å²) >= 11 is 9.49. The van der Waals surface area contributed by atoms with E-state index in [1.165, 1.54) is 5.56 Å². The highest BCUT2D eigenvalue weighted by molar-refractivity contribution is 9.10. The summed E-state index contributed by atoms with van der Waals surface area (Å²) in [7, 11) is 0. The van der Waals surface area contributed by atoms with Crippen LogP contribution in [0.25, 0.3) is 5.69 Å². The molecule has 1 heterocycles. The van der Waals surface area contributed by atoms with Crippen molar-refractivity contribution in [3.05, 3.63) is 76.3 Å². The number of hydrogen-bond donors (Lipinski definition) is 0. The van der Waals surface area contributed by atoms with E-state index in [1.54, 1.807) is 0 Å². The molecule has 2 aromatic carbocycles. The summed E-state index contributed by atoms with van der Waals surface area (Å²) in [4.78, 5) is 0. The molecule has 1 aromatic heterocycles. The van der Waals surface area contributed by atoms with Gasteiger partial charge >= 0.3 is 0 Å². The summed E-state index contributed by atoms with van der Waals surface area (Å²) in [5.74, 6) is 1.98. The lowest BCUT2D eigenvalue weighted by Gasteiger charge is -2.09. The zero-order chi connectivity index (χ0) is 14.7. The van der Waals surface area contributed by atoms with Crippen molar-refractivity contribution in [3.63, 3.8) is 0 Å². The van der Waals surface area contributed by atoms with Gasteiger partial charge in [-0.25, -0.2) is 0 Å². The molecular formula is C16H13BrClN3. The van der Waals surface area contributed by atoms with Gasteiger partial charge in [-0.2, -0.15) is 0 Å². The fourth-order valence-corrected chi connectivity index (χ4v) is 2.88.